The van der Waals surface area contributed by atoms with E-state index < -0.39 is 0 Å². The Balaban J connectivity index is 2.05. The monoisotopic (exact) mass is 266 g/mol. The van der Waals surface area contributed by atoms with Gasteiger partial charge in [0.05, 0.1) is 11.6 Å². The molecule has 18 heavy (non-hydrogen) atoms. The lowest BCUT2D eigenvalue weighted by Crippen LogP contribution is -2.14. The fourth-order valence-corrected chi connectivity index (χ4v) is 2.38. The Labute approximate surface area is 113 Å². The molecule has 1 aliphatic carbocycles. The van der Waals surface area contributed by atoms with Crippen molar-refractivity contribution in [1.29, 1.82) is 0 Å². The minimum Gasteiger partial charge on any atom is -0.485 e. The van der Waals surface area contributed by atoms with Gasteiger partial charge >= 0.3 is 0 Å². The van der Waals surface area contributed by atoms with E-state index in [0.717, 1.165) is 18.4 Å². The molecule has 3 heteroatoms. The van der Waals surface area contributed by atoms with E-state index in [4.69, 9.17) is 21.4 Å². The van der Waals surface area contributed by atoms with Crippen LogP contribution in [0.15, 0.2) is 30.4 Å². The molecule has 0 aromatic heterocycles. The number of benzene rings is 1. The summed E-state index contributed by atoms with van der Waals surface area (Å²) in [6.07, 6.45) is 10.3. The van der Waals surface area contributed by atoms with Crippen molar-refractivity contribution >= 4 is 11.6 Å². The number of allylic oxidation sites excluding steroid dienone is 1. The molecule has 1 N–H and O–H groups in total. The zero-order valence-corrected chi connectivity index (χ0v) is 11.2. The number of rotatable bonds is 3. The summed E-state index contributed by atoms with van der Waals surface area (Å²) >= 11 is 6.14. The van der Waals surface area contributed by atoms with Gasteiger partial charge in [0.2, 0.25) is 0 Å². The predicted octanol–water partition coefficient (Wildman–Crippen LogP) is 4.10. The molecule has 1 aromatic rings. The van der Waals surface area contributed by atoms with Crippen molar-refractivity contribution in [3.8, 4) is 5.75 Å². The molecule has 0 bridgehead atoms. The Bertz CT molecular complexity index is 415. The number of hydrogen-bond donors (Lipinski definition) is 1. The molecule has 1 aliphatic rings. The maximum atomic E-state index is 9.03. The summed E-state index contributed by atoms with van der Waals surface area (Å²) in [5, 5.41) is 9.60. The van der Waals surface area contributed by atoms with E-state index in [1.165, 1.54) is 19.3 Å². The van der Waals surface area contributed by atoms with Crippen LogP contribution in [0.1, 0.15) is 37.7 Å². The Kier molecular flexibility index (Phi) is 5.09. The highest BCUT2D eigenvalue weighted by atomic mass is 35.5. The SMILES string of the molecule is OCc1ccc(OC2/C=C/CCCCC2)c(Cl)c1. The van der Waals surface area contributed by atoms with E-state index in [2.05, 4.69) is 12.2 Å². The summed E-state index contributed by atoms with van der Waals surface area (Å²) in [7, 11) is 0. The zero-order valence-electron chi connectivity index (χ0n) is 10.4. The first kappa shape index (κ1) is 13.4. The summed E-state index contributed by atoms with van der Waals surface area (Å²) in [5.74, 6) is 0.698. The highest BCUT2D eigenvalue weighted by Crippen LogP contribution is 2.28. The Morgan fingerprint density at radius 2 is 2.17 bits per heavy atom. The van der Waals surface area contributed by atoms with Crippen LogP contribution in [-0.4, -0.2) is 11.2 Å². The first-order chi connectivity index (χ1) is 8.79. The summed E-state index contributed by atoms with van der Waals surface area (Å²) in [4.78, 5) is 0. The second-order valence-electron chi connectivity index (χ2n) is 4.65. The van der Waals surface area contributed by atoms with Gasteiger partial charge in [0.1, 0.15) is 11.9 Å². The largest absolute Gasteiger partial charge is 0.485 e. The van der Waals surface area contributed by atoms with Gasteiger partial charge in [0, 0.05) is 0 Å². The van der Waals surface area contributed by atoms with Crippen molar-refractivity contribution in [2.45, 2.75) is 44.8 Å². The fourth-order valence-electron chi connectivity index (χ4n) is 2.13. The van der Waals surface area contributed by atoms with Crippen LogP contribution in [-0.2, 0) is 6.61 Å². The molecule has 1 aromatic carbocycles. The molecular formula is C15H19ClO2. The Hall–Kier alpha value is -0.990. The Morgan fingerprint density at radius 1 is 1.28 bits per heavy atom. The van der Waals surface area contributed by atoms with Crippen LogP contribution in [0, 0.1) is 0 Å². The van der Waals surface area contributed by atoms with Crippen LogP contribution in [0.25, 0.3) is 0 Å². The van der Waals surface area contributed by atoms with E-state index in [9.17, 15) is 0 Å². The van der Waals surface area contributed by atoms with E-state index >= 15 is 0 Å². The van der Waals surface area contributed by atoms with Gasteiger partial charge in [-0.1, -0.05) is 30.2 Å². The molecule has 0 saturated heterocycles. The molecule has 0 radical (unpaired) electrons. The first-order valence-electron chi connectivity index (χ1n) is 6.52. The fraction of sp³-hybridized carbons (Fsp3) is 0.467. The highest BCUT2D eigenvalue weighted by molar-refractivity contribution is 6.32. The lowest BCUT2D eigenvalue weighted by atomic mass is 10.0. The minimum absolute atomic E-state index is 0.00330. The second-order valence-corrected chi connectivity index (χ2v) is 5.05. The van der Waals surface area contributed by atoms with Crippen LogP contribution >= 0.6 is 11.6 Å². The zero-order chi connectivity index (χ0) is 12.8. The lowest BCUT2D eigenvalue weighted by Gasteiger charge is -2.18. The summed E-state index contributed by atoms with van der Waals surface area (Å²) < 4.78 is 5.92. The van der Waals surface area contributed by atoms with Crippen LogP contribution in [0.5, 0.6) is 5.75 Å². The van der Waals surface area contributed by atoms with Crippen molar-refractivity contribution in [2.75, 3.05) is 0 Å². The van der Waals surface area contributed by atoms with E-state index in [1.54, 1.807) is 6.07 Å². The van der Waals surface area contributed by atoms with Crippen molar-refractivity contribution in [3.05, 3.63) is 40.9 Å². The molecule has 0 spiro atoms. The molecule has 2 rings (SSSR count). The highest BCUT2D eigenvalue weighted by Gasteiger charge is 2.11. The summed E-state index contributed by atoms with van der Waals surface area (Å²) in [5.41, 5.74) is 0.806. The van der Waals surface area contributed by atoms with Gasteiger partial charge in [-0.15, -0.1) is 0 Å². The van der Waals surface area contributed by atoms with Gasteiger partial charge in [-0.05, 0) is 49.5 Å². The van der Waals surface area contributed by atoms with Crippen LogP contribution in [0.3, 0.4) is 0 Å². The third-order valence-corrected chi connectivity index (χ3v) is 3.46. The summed E-state index contributed by atoms with van der Waals surface area (Å²) in [6.45, 7) is 0.00330. The van der Waals surface area contributed by atoms with Crippen molar-refractivity contribution in [2.24, 2.45) is 0 Å². The van der Waals surface area contributed by atoms with Crippen LogP contribution in [0.4, 0.5) is 0 Å². The smallest absolute Gasteiger partial charge is 0.138 e. The lowest BCUT2D eigenvalue weighted by molar-refractivity contribution is 0.231. The minimum atomic E-state index is 0.00330. The number of ether oxygens (including phenoxy) is 1. The van der Waals surface area contributed by atoms with Crippen molar-refractivity contribution in [1.82, 2.24) is 0 Å². The number of halogens is 1. The average Bonchev–Trinajstić information content (AvgIpc) is 2.34. The van der Waals surface area contributed by atoms with Crippen molar-refractivity contribution in [3.63, 3.8) is 0 Å². The molecule has 2 nitrogen and oxygen atoms in total. The van der Waals surface area contributed by atoms with Gasteiger partial charge in [0.25, 0.3) is 0 Å². The maximum Gasteiger partial charge on any atom is 0.138 e. The first-order valence-corrected chi connectivity index (χ1v) is 6.90. The summed E-state index contributed by atoms with van der Waals surface area (Å²) in [6, 6.07) is 5.43. The number of aliphatic hydroxyl groups excluding tert-OH is 1. The predicted molar refractivity (Wildman–Crippen MR) is 74.0 cm³/mol. The van der Waals surface area contributed by atoms with Gasteiger partial charge in [-0.2, -0.15) is 0 Å². The van der Waals surface area contributed by atoms with E-state index in [0.29, 0.717) is 10.8 Å². The molecule has 0 fully saturated rings. The molecule has 0 heterocycles. The molecular weight excluding hydrogens is 248 g/mol. The number of aliphatic hydroxyl groups is 1. The average molecular weight is 267 g/mol. The van der Waals surface area contributed by atoms with Crippen LogP contribution in [0.2, 0.25) is 5.02 Å². The van der Waals surface area contributed by atoms with E-state index in [-0.39, 0.29) is 12.7 Å². The molecule has 98 valence electrons. The van der Waals surface area contributed by atoms with Crippen molar-refractivity contribution < 1.29 is 9.84 Å². The van der Waals surface area contributed by atoms with Crippen LogP contribution < -0.4 is 4.74 Å². The topological polar surface area (TPSA) is 29.5 Å². The molecule has 1 unspecified atom stereocenters. The van der Waals surface area contributed by atoms with E-state index in [1.807, 2.05) is 12.1 Å². The van der Waals surface area contributed by atoms with Gasteiger partial charge < -0.3 is 9.84 Å². The molecule has 0 saturated carbocycles. The standard InChI is InChI=1S/C15H19ClO2/c16-14-10-12(11-17)8-9-15(14)18-13-6-4-2-1-3-5-7-13/h4,6,8-10,13,17H,1-3,5,7,11H2/b6-4+. The Morgan fingerprint density at radius 3 is 2.94 bits per heavy atom. The quantitative estimate of drug-likeness (QED) is 0.835. The number of hydrogen-bond acceptors (Lipinski definition) is 2. The third-order valence-electron chi connectivity index (χ3n) is 3.17. The molecule has 0 amide bonds. The third kappa shape index (κ3) is 3.76. The van der Waals surface area contributed by atoms with Gasteiger partial charge in [-0.25, -0.2) is 0 Å². The molecule has 1 atom stereocenters. The maximum absolute atomic E-state index is 9.03. The van der Waals surface area contributed by atoms with Gasteiger partial charge in [0.15, 0.2) is 0 Å². The molecule has 0 aliphatic heterocycles. The second kappa shape index (κ2) is 6.81. The normalized spacial score (nSPS) is 22.0. The van der Waals surface area contributed by atoms with Gasteiger partial charge in [-0.3, -0.25) is 0 Å².